The van der Waals surface area contributed by atoms with Crippen molar-refractivity contribution in [2.45, 2.75) is 11.8 Å². The molecule has 0 saturated carbocycles. The largest absolute Gasteiger partial charge is 0.489 e. The van der Waals surface area contributed by atoms with Crippen LogP contribution in [-0.2, 0) is 11.4 Å². The summed E-state index contributed by atoms with van der Waals surface area (Å²) in [5, 5.41) is 13.5. The molecular formula is C30H24BrN5O2S. The third kappa shape index (κ3) is 7.22. The highest BCUT2D eigenvalue weighted by atomic mass is 79.9. The Morgan fingerprint density at radius 3 is 2.44 bits per heavy atom. The number of halogens is 1. The van der Waals surface area contributed by atoms with E-state index in [1.165, 1.54) is 11.8 Å². The molecule has 1 aromatic heterocycles. The Bertz CT molecular complexity index is 1560. The molecule has 39 heavy (non-hydrogen) atoms. The average Bonchev–Trinajstić information content (AvgIpc) is 3.41. The summed E-state index contributed by atoms with van der Waals surface area (Å²) >= 11 is 4.77. The zero-order valence-corrected chi connectivity index (χ0v) is 23.2. The summed E-state index contributed by atoms with van der Waals surface area (Å²) in [7, 11) is 0. The first-order valence-corrected chi connectivity index (χ1v) is 13.9. The second-order valence-electron chi connectivity index (χ2n) is 8.41. The van der Waals surface area contributed by atoms with E-state index in [1.807, 2.05) is 114 Å². The first-order valence-electron chi connectivity index (χ1n) is 12.1. The average molecular weight is 599 g/mol. The smallest absolute Gasteiger partial charge is 0.250 e. The van der Waals surface area contributed by atoms with Gasteiger partial charge in [-0.3, -0.25) is 9.36 Å². The molecule has 1 amide bonds. The van der Waals surface area contributed by atoms with Crippen molar-refractivity contribution in [1.82, 2.24) is 20.2 Å². The maximum Gasteiger partial charge on any atom is 0.250 e. The van der Waals surface area contributed by atoms with E-state index in [1.54, 1.807) is 6.21 Å². The van der Waals surface area contributed by atoms with Crippen molar-refractivity contribution < 1.29 is 9.53 Å². The van der Waals surface area contributed by atoms with Crippen LogP contribution in [0, 0.1) is 0 Å². The summed E-state index contributed by atoms with van der Waals surface area (Å²) in [5.41, 5.74) is 6.33. The number of carbonyl (C=O) groups excluding carboxylic acids is 1. The Labute approximate surface area is 239 Å². The fraction of sp³-hybridized carbons (Fsp3) is 0.0667. The molecule has 0 aliphatic carbocycles. The fourth-order valence-corrected chi connectivity index (χ4v) is 4.73. The molecule has 194 valence electrons. The zero-order chi connectivity index (χ0) is 26.9. The summed E-state index contributed by atoms with van der Waals surface area (Å²) in [6.45, 7) is 0.479. The molecule has 7 nitrogen and oxygen atoms in total. The maximum atomic E-state index is 12.6. The molecule has 0 atom stereocenters. The Morgan fingerprint density at radius 2 is 1.67 bits per heavy atom. The van der Waals surface area contributed by atoms with Gasteiger partial charge in [0, 0.05) is 15.7 Å². The Kier molecular flexibility index (Phi) is 8.82. The number of hydrogen-bond acceptors (Lipinski definition) is 6. The number of amides is 1. The summed E-state index contributed by atoms with van der Waals surface area (Å²) in [4.78, 5) is 12.6. The molecule has 0 radical (unpaired) electrons. The van der Waals surface area contributed by atoms with E-state index in [9.17, 15) is 4.79 Å². The van der Waals surface area contributed by atoms with Crippen molar-refractivity contribution in [3.63, 3.8) is 0 Å². The van der Waals surface area contributed by atoms with E-state index < -0.39 is 0 Å². The van der Waals surface area contributed by atoms with E-state index >= 15 is 0 Å². The number of thioether (sulfide) groups is 1. The Morgan fingerprint density at radius 1 is 0.923 bits per heavy atom. The predicted octanol–water partition coefficient (Wildman–Crippen LogP) is 6.52. The van der Waals surface area contributed by atoms with Gasteiger partial charge in [-0.1, -0.05) is 100 Å². The van der Waals surface area contributed by atoms with Gasteiger partial charge in [-0.25, -0.2) is 5.43 Å². The maximum absolute atomic E-state index is 12.6. The summed E-state index contributed by atoms with van der Waals surface area (Å²) in [5.74, 6) is 1.30. The summed E-state index contributed by atoms with van der Waals surface area (Å²) < 4.78 is 8.80. The van der Waals surface area contributed by atoms with Crippen LogP contribution in [-0.4, -0.2) is 32.6 Å². The van der Waals surface area contributed by atoms with Crippen molar-refractivity contribution in [3.05, 3.63) is 125 Å². The molecular weight excluding hydrogens is 574 g/mol. The van der Waals surface area contributed by atoms with Gasteiger partial charge in [0.25, 0.3) is 5.91 Å². The Balaban J connectivity index is 1.21. The minimum absolute atomic E-state index is 0.128. The van der Waals surface area contributed by atoms with Crippen molar-refractivity contribution in [1.29, 1.82) is 0 Å². The number of nitrogens with one attached hydrogen (secondary N) is 1. The first kappa shape index (κ1) is 26.4. The van der Waals surface area contributed by atoms with Gasteiger partial charge in [0.1, 0.15) is 12.4 Å². The number of carbonyl (C=O) groups is 1. The molecule has 9 heteroatoms. The molecule has 4 aromatic carbocycles. The van der Waals surface area contributed by atoms with Gasteiger partial charge in [0.2, 0.25) is 0 Å². The molecule has 5 rings (SSSR count). The Hall–Kier alpha value is -4.21. The number of rotatable bonds is 10. The SMILES string of the molecule is O=C(CSc1nnc(-c2ccc(Br)cc2)n1-c1ccccc1)N/N=C/c1cccc(OCc2ccccc2)c1. The van der Waals surface area contributed by atoms with E-state index in [2.05, 4.69) is 36.7 Å². The molecule has 0 aliphatic heterocycles. The van der Waals surface area contributed by atoms with Crippen LogP contribution in [0.25, 0.3) is 17.1 Å². The number of hydrazone groups is 1. The third-order valence-electron chi connectivity index (χ3n) is 5.59. The van der Waals surface area contributed by atoms with Gasteiger partial charge >= 0.3 is 0 Å². The number of aromatic nitrogens is 3. The lowest BCUT2D eigenvalue weighted by molar-refractivity contribution is -0.118. The predicted molar refractivity (Wildman–Crippen MR) is 158 cm³/mol. The number of ether oxygens (including phenoxy) is 1. The number of para-hydroxylation sites is 1. The second-order valence-corrected chi connectivity index (χ2v) is 10.3. The normalized spacial score (nSPS) is 11.0. The van der Waals surface area contributed by atoms with Gasteiger partial charge in [-0.2, -0.15) is 5.10 Å². The van der Waals surface area contributed by atoms with Gasteiger partial charge in [-0.15, -0.1) is 10.2 Å². The van der Waals surface area contributed by atoms with Crippen LogP contribution >= 0.6 is 27.7 Å². The molecule has 0 fully saturated rings. The highest BCUT2D eigenvalue weighted by molar-refractivity contribution is 9.10. The van der Waals surface area contributed by atoms with E-state index in [4.69, 9.17) is 4.74 Å². The quantitative estimate of drug-likeness (QED) is 0.113. The van der Waals surface area contributed by atoms with Crippen LogP contribution in [0.1, 0.15) is 11.1 Å². The van der Waals surface area contributed by atoms with Crippen molar-refractivity contribution >= 4 is 39.8 Å². The number of hydrogen-bond donors (Lipinski definition) is 1. The van der Waals surface area contributed by atoms with Crippen LogP contribution in [0.5, 0.6) is 5.75 Å². The lowest BCUT2D eigenvalue weighted by Gasteiger charge is -2.10. The van der Waals surface area contributed by atoms with E-state index in [0.29, 0.717) is 17.6 Å². The summed E-state index contributed by atoms with van der Waals surface area (Å²) in [6.07, 6.45) is 1.59. The van der Waals surface area contributed by atoms with Crippen LogP contribution < -0.4 is 10.2 Å². The monoisotopic (exact) mass is 597 g/mol. The van der Waals surface area contributed by atoms with E-state index in [0.717, 1.165) is 32.6 Å². The number of nitrogens with zero attached hydrogens (tertiary/aromatic N) is 4. The molecule has 5 aromatic rings. The highest BCUT2D eigenvalue weighted by Crippen LogP contribution is 2.28. The minimum atomic E-state index is -0.250. The van der Waals surface area contributed by atoms with Gasteiger partial charge in [0.05, 0.1) is 12.0 Å². The second kappa shape index (κ2) is 13.0. The molecule has 1 N–H and O–H groups in total. The lowest BCUT2D eigenvalue weighted by atomic mass is 10.2. The molecule has 0 bridgehead atoms. The van der Waals surface area contributed by atoms with Crippen LogP contribution in [0.4, 0.5) is 0 Å². The zero-order valence-electron chi connectivity index (χ0n) is 20.8. The molecule has 0 unspecified atom stereocenters. The van der Waals surface area contributed by atoms with Gasteiger partial charge in [0.15, 0.2) is 11.0 Å². The lowest BCUT2D eigenvalue weighted by Crippen LogP contribution is -2.20. The van der Waals surface area contributed by atoms with Crippen molar-refractivity contribution in [2.24, 2.45) is 5.10 Å². The first-order chi connectivity index (χ1) is 19.2. The molecule has 0 spiro atoms. The van der Waals surface area contributed by atoms with Crippen molar-refractivity contribution in [2.75, 3.05) is 5.75 Å². The topological polar surface area (TPSA) is 81.4 Å². The standard InChI is InChI=1S/C30H24BrN5O2S/c31-25-16-14-24(15-17-25)29-34-35-30(36(29)26-11-5-2-6-12-26)39-21-28(37)33-32-19-23-10-7-13-27(18-23)38-20-22-8-3-1-4-9-22/h1-19H,20-21H2,(H,33,37)/b32-19+. The van der Waals surface area contributed by atoms with Gasteiger partial charge in [-0.05, 0) is 47.5 Å². The van der Waals surface area contributed by atoms with Crippen molar-refractivity contribution in [3.8, 4) is 22.8 Å². The summed E-state index contributed by atoms with van der Waals surface area (Å²) in [6, 6.07) is 35.2. The molecule has 1 heterocycles. The fourth-order valence-electron chi connectivity index (χ4n) is 3.73. The minimum Gasteiger partial charge on any atom is -0.489 e. The third-order valence-corrected chi connectivity index (χ3v) is 7.05. The number of benzene rings is 4. The molecule has 0 aliphatic rings. The van der Waals surface area contributed by atoms with Crippen LogP contribution in [0.3, 0.4) is 0 Å². The highest BCUT2D eigenvalue weighted by Gasteiger charge is 2.17. The van der Waals surface area contributed by atoms with Gasteiger partial charge < -0.3 is 4.74 Å². The van der Waals surface area contributed by atoms with Crippen LogP contribution in [0.2, 0.25) is 0 Å². The van der Waals surface area contributed by atoms with Crippen LogP contribution in [0.15, 0.2) is 124 Å². The molecule has 0 saturated heterocycles. The van der Waals surface area contributed by atoms with E-state index in [-0.39, 0.29) is 11.7 Å².